The van der Waals surface area contributed by atoms with E-state index in [0.29, 0.717) is 23.9 Å². The van der Waals surface area contributed by atoms with Crippen molar-refractivity contribution in [2.75, 3.05) is 25.0 Å². The van der Waals surface area contributed by atoms with E-state index < -0.39 is 0 Å². The van der Waals surface area contributed by atoms with Crippen LogP contribution in [0, 0.1) is 23.2 Å². The number of piperidine rings is 1. The summed E-state index contributed by atoms with van der Waals surface area (Å²) < 4.78 is 0. The minimum atomic E-state index is 0.0488. The molecule has 3 rings (SSSR count). The molecule has 1 aromatic heterocycles. The highest BCUT2D eigenvalue weighted by atomic mass is 32.1. The van der Waals surface area contributed by atoms with Crippen LogP contribution in [0.5, 0.6) is 0 Å². The standard InChI is InChI=1S/C17H23N3OS/c1-11-6-12(2)9-20(8-11)10-16(21)19-17-14(7-18)13-4-3-5-15(13)22-17/h11-12H,3-6,8-10H2,1-2H3,(H,19,21)/p+1/t11-,12-/m0/s1. The summed E-state index contributed by atoms with van der Waals surface area (Å²) in [5.74, 6) is 1.42. The average molecular weight is 318 g/mol. The molecule has 1 aliphatic carbocycles. The van der Waals surface area contributed by atoms with Gasteiger partial charge in [-0.15, -0.1) is 11.3 Å². The summed E-state index contributed by atoms with van der Waals surface area (Å²) in [6, 6.07) is 2.29. The summed E-state index contributed by atoms with van der Waals surface area (Å²) in [6.45, 7) is 7.20. The van der Waals surface area contributed by atoms with Crippen LogP contribution in [-0.2, 0) is 17.6 Å². The van der Waals surface area contributed by atoms with Gasteiger partial charge in [0.15, 0.2) is 6.54 Å². The lowest BCUT2D eigenvalue weighted by Gasteiger charge is -2.31. The van der Waals surface area contributed by atoms with E-state index in [0.717, 1.165) is 37.4 Å². The van der Waals surface area contributed by atoms with Gasteiger partial charge in [-0.2, -0.15) is 5.26 Å². The highest BCUT2D eigenvalue weighted by Crippen LogP contribution is 2.38. The van der Waals surface area contributed by atoms with E-state index in [2.05, 4.69) is 25.2 Å². The molecule has 1 aliphatic heterocycles. The number of carbonyl (C=O) groups is 1. The van der Waals surface area contributed by atoms with Crippen LogP contribution in [0.15, 0.2) is 0 Å². The summed E-state index contributed by atoms with van der Waals surface area (Å²) in [7, 11) is 0. The van der Waals surface area contributed by atoms with Crippen LogP contribution in [0.1, 0.15) is 42.7 Å². The maximum absolute atomic E-state index is 12.4. The Balaban J connectivity index is 1.64. The van der Waals surface area contributed by atoms with Crippen molar-refractivity contribution < 1.29 is 9.69 Å². The van der Waals surface area contributed by atoms with Crippen LogP contribution >= 0.6 is 11.3 Å². The third-order valence-electron chi connectivity index (χ3n) is 4.78. The molecule has 2 atom stereocenters. The number of rotatable bonds is 3. The maximum atomic E-state index is 12.4. The van der Waals surface area contributed by atoms with Crippen molar-refractivity contribution >= 4 is 22.2 Å². The molecule has 2 N–H and O–H groups in total. The monoisotopic (exact) mass is 318 g/mol. The first kappa shape index (κ1) is 15.5. The zero-order valence-electron chi connectivity index (χ0n) is 13.4. The molecular weight excluding hydrogens is 294 g/mol. The highest BCUT2D eigenvalue weighted by Gasteiger charge is 2.28. The van der Waals surface area contributed by atoms with E-state index in [1.54, 1.807) is 11.3 Å². The van der Waals surface area contributed by atoms with Crippen molar-refractivity contribution in [1.82, 2.24) is 0 Å². The Morgan fingerprint density at radius 2 is 2.09 bits per heavy atom. The van der Waals surface area contributed by atoms with E-state index in [-0.39, 0.29) is 5.91 Å². The van der Waals surface area contributed by atoms with Crippen LogP contribution in [-0.4, -0.2) is 25.5 Å². The number of anilines is 1. The van der Waals surface area contributed by atoms with Gasteiger partial charge in [0.05, 0.1) is 18.7 Å². The predicted octanol–water partition coefficient (Wildman–Crippen LogP) is 1.61. The maximum Gasteiger partial charge on any atom is 0.280 e. The fourth-order valence-electron chi connectivity index (χ4n) is 4.08. The molecule has 22 heavy (non-hydrogen) atoms. The van der Waals surface area contributed by atoms with E-state index in [4.69, 9.17) is 0 Å². The van der Waals surface area contributed by atoms with Crippen LogP contribution in [0.4, 0.5) is 5.00 Å². The molecule has 0 aromatic carbocycles. The van der Waals surface area contributed by atoms with E-state index in [1.807, 2.05) is 0 Å². The van der Waals surface area contributed by atoms with Gasteiger partial charge in [0.1, 0.15) is 11.1 Å². The number of nitriles is 1. The minimum absolute atomic E-state index is 0.0488. The summed E-state index contributed by atoms with van der Waals surface area (Å²) >= 11 is 1.60. The Bertz CT molecular complexity index is 606. The second-order valence-electron chi connectivity index (χ2n) is 7.00. The Hall–Kier alpha value is -1.38. The second-order valence-corrected chi connectivity index (χ2v) is 8.11. The largest absolute Gasteiger partial charge is 0.327 e. The number of carbonyl (C=O) groups excluding carboxylic acids is 1. The number of fused-ring (bicyclic) bond motifs is 1. The highest BCUT2D eigenvalue weighted by molar-refractivity contribution is 7.16. The van der Waals surface area contributed by atoms with Crippen molar-refractivity contribution in [3.05, 3.63) is 16.0 Å². The summed E-state index contributed by atoms with van der Waals surface area (Å²) in [6.07, 6.45) is 4.44. The first-order valence-corrected chi connectivity index (χ1v) is 9.06. The lowest BCUT2D eigenvalue weighted by atomic mass is 9.92. The minimum Gasteiger partial charge on any atom is -0.327 e. The van der Waals surface area contributed by atoms with Crippen molar-refractivity contribution in [3.8, 4) is 6.07 Å². The second kappa shape index (κ2) is 6.39. The van der Waals surface area contributed by atoms with E-state index >= 15 is 0 Å². The smallest absolute Gasteiger partial charge is 0.280 e. The van der Waals surface area contributed by atoms with Crippen molar-refractivity contribution in [1.29, 1.82) is 5.26 Å². The van der Waals surface area contributed by atoms with E-state index in [1.165, 1.54) is 21.8 Å². The lowest BCUT2D eigenvalue weighted by Crippen LogP contribution is -3.15. The first-order valence-electron chi connectivity index (χ1n) is 8.24. The molecule has 4 nitrogen and oxygen atoms in total. The van der Waals surface area contributed by atoms with Crippen LogP contribution in [0.25, 0.3) is 0 Å². The zero-order chi connectivity index (χ0) is 15.7. The van der Waals surface area contributed by atoms with Gasteiger partial charge >= 0.3 is 0 Å². The molecule has 1 amide bonds. The first-order chi connectivity index (χ1) is 10.6. The molecule has 2 heterocycles. The number of nitrogens with zero attached hydrogens (tertiary/aromatic N) is 1. The number of aryl methyl sites for hydroxylation is 1. The van der Waals surface area contributed by atoms with Gasteiger partial charge in [0, 0.05) is 16.7 Å². The van der Waals surface area contributed by atoms with Gasteiger partial charge in [-0.1, -0.05) is 13.8 Å². The average Bonchev–Trinajstić information content (AvgIpc) is 2.97. The van der Waals surface area contributed by atoms with Crippen LogP contribution < -0.4 is 10.2 Å². The van der Waals surface area contributed by atoms with Gasteiger partial charge in [0.25, 0.3) is 5.91 Å². The number of amides is 1. The number of nitrogens with one attached hydrogen (secondary N) is 2. The molecule has 1 saturated heterocycles. The Labute approximate surface area is 136 Å². The fraction of sp³-hybridized carbons (Fsp3) is 0.647. The third kappa shape index (κ3) is 3.18. The molecule has 0 radical (unpaired) electrons. The zero-order valence-corrected chi connectivity index (χ0v) is 14.2. The molecule has 5 heteroatoms. The Kier molecular flexibility index (Phi) is 4.51. The van der Waals surface area contributed by atoms with Gasteiger partial charge in [0.2, 0.25) is 0 Å². The Morgan fingerprint density at radius 3 is 2.77 bits per heavy atom. The fourth-order valence-corrected chi connectivity index (χ4v) is 5.33. The van der Waals surface area contributed by atoms with Gasteiger partial charge in [-0.05, 0) is 31.2 Å². The molecule has 0 spiro atoms. The normalized spacial score (nSPS) is 27.2. The number of quaternary nitrogens is 1. The molecule has 2 aliphatic rings. The molecule has 0 bridgehead atoms. The van der Waals surface area contributed by atoms with Crippen LogP contribution in [0.3, 0.4) is 0 Å². The predicted molar refractivity (Wildman–Crippen MR) is 88.2 cm³/mol. The topological polar surface area (TPSA) is 57.3 Å². The van der Waals surface area contributed by atoms with Gasteiger partial charge in [-0.25, -0.2) is 0 Å². The van der Waals surface area contributed by atoms with Crippen LogP contribution in [0.2, 0.25) is 0 Å². The molecule has 1 aromatic rings. The molecule has 1 fully saturated rings. The third-order valence-corrected chi connectivity index (χ3v) is 5.98. The molecule has 0 saturated carbocycles. The summed E-state index contributed by atoms with van der Waals surface area (Å²) in [4.78, 5) is 15.0. The quantitative estimate of drug-likeness (QED) is 0.889. The number of thiophene rings is 1. The summed E-state index contributed by atoms with van der Waals surface area (Å²) in [5.41, 5.74) is 1.89. The SMILES string of the molecule is C[C@H]1C[C@H](C)C[NH+](CC(=O)Nc2sc3c(c2C#N)CCC3)C1. The number of likely N-dealkylation sites (tertiary alicyclic amines) is 1. The lowest BCUT2D eigenvalue weighted by molar-refractivity contribution is -0.904. The molecule has 118 valence electrons. The van der Waals surface area contributed by atoms with Gasteiger partial charge in [-0.3, -0.25) is 4.79 Å². The van der Waals surface area contributed by atoms with Crippen molar-refractivity contribution in [3.63, 3.8) is 0 Å². The van der Waals surface area contributed by atoms with Gasteiger partial charge < -0.3 is 10.2 Å². The van der Waals surface area contributed by atoms with Crippen molar-refractivity contribution in [2.24, 2.45) is 11.8 Å². The number of hydrogen-bond acceptors (Lipinski definition) is 3. The van der Waals surface area contributed by atoms with Crippen molar-refractivity contribution in [2.45, 2.75) is 39.5 Å². The number of hydrogen-bond donors (Lipinski definition) is 2. The molecule has 0 unspecified atom stereocenters. The van der Waals surface area contributed by atoms with E-state index in [9.17, 15) is 10.1 Å². The summed E-state index contributed by atoms with van der Waals surface area (Å²) in [5, 5.41) is 13.2. The Morgan fingerprint density at radius 1 is 1.36 bits per heavy atom. The molecular formula is C17H24N3OS+.